The first kappa shape index (κ1) is 15.7. The first-order valence-corrected chi connectivity index (χ1v) is 8.28. The van der Waals surface area contributed by atoms with Gasteiger partial charge in [0.25, 0.3) is 10.0 Å². The van der Waals surface area contributed by atoms with E-state index >= 15 is 0 Å². The van der Waals surface area contributed by atoms with Crippen molar-refractivity contribution in [2.75, 3.05) is 0 Å². The van der Waals surface area contributed by atoms with Crippen molar-refractivity contribution in [3.8, 4) is 0 Å². The zero-order valence-electron chi connectivity index (χ0n) is 11.6. The van der Waals surface area contributed by atoms with Crippen LogP contribution in [0.25, 0.3) is 0 Å². The molecule has 1 atom stereocenters. The number of hydrazine groups is 1. The average molecular weight is 330 g/mol. The first-order chi connectivity index (χ1) is 9.85. The number of sulfonamides is 1. The molecule has 1 aromatic carbocycles. The van der Waals surface area contributed by atoms with Gasteiger partial charge in [-0.3, -0.25) is 0 Å². The number of hydrogen-bond acceptors (Lipinski definition) is 4. The summed E-state index contributed by atoms with van der Waals surface area (Å²) in [5.74, 6) is 0. The highest BCUT2D eigenvalue weighted by atomic mass is 35.5. The molecule has 0 bridgehead atoms. The van der Waals surface area contributed by atoms with Crippen molar-refractivity contribution < 1.29 is 13.2 Å². The van der Waals surface area contributed by atoms with Crippen LogP contribution in [0.2, 0.25) is 5.02 Å². The Labute approximate surface area is 128 Å². The maximum Gasteiger partial charge on any atom is 0.350 e. The van der Waals surface area contributed by atoms with E-state index in [2.05, 4.69) is 5.43 Å². The highest BCUT2D eigenvalue weighted by Crippen LogP contribution is 2.19. The molecule has 21 heavy (non-hydrogen) atoms. The van der Waals surface area contributed by atoms with E-state index in [1.54, 1.807) is 12.3 Å². The van der Waals surface area contributed by atoms with E-state index < -0.39 is 16.1 Å². The van der Waals surface area contributed by atoms with Crippen molar-refractivity contribution in [3.05, 3.63) is 41.1 Å². The normalized spacial score (nSPS) is 18.1. The van der Waals surface area contributed by atoms with E-state index in [9.17, 15) is 13.2 Å². The number of carbonyl (C=O) groups excluding carboxylic acids is 1. The molecule has 0 saturated carbocycles. The standard InChI is InChI=1S/C13H16ClN3O3S/c1-3-10-8-15-17(9(10)2)13(18)16-21(19,20)12-6-4-5-11(14)7-12/h4-9,15H,3H2,1-2H3,(H,16,18). The van der Waals surface area contributed by atoms with Crippen LogP contribution in [0.1, 0.15) is 20.3 Å². The first-order valence-electron chi connectivity index (χ1n) is 6.42. The molecule has 1 aliphatic heterocycles. The summed E-state index contributed by atoms with van der Waals surface area (Å²) in [6.45, 7) is 3.79. The Morgan fingerprint density at radius 3 is 2.76 bits per heavy atom. The molecule has 2 amide bonds. The number of amides is 2. The van der Waals surface area contributed by atoms with Crippen LogP contribution >= 0.6 is 11.6 Å². The molecular formula is C13H16ClN3O3S. The molecule has 1 aromatic rings. The van der Waals surface area contributed by atoms with Gasteiger partial charge in [-0.2, -0.15) is 0 Å². The maximum atomic E-state index is 12.1. The van der Waals surface area contributed by atoms with Crippen LogP contribution in [0.4, 0.5) is 4.79 Å². The van der Waals surface area contributed by atoms with Gasteiger partial charge in [-0.05, 0) is 37.1 Å². The molecule has 0 aliphatic carbocycles. The van der Waals surface area contributed by atoms with E-state index in [0.29, 0.717) is 0 Å². The molecule has 0 saturated heterocycles. The second-order valence-electron chi connectivity index (χ2n) is 4.62. The lowest BCUT2D eigenvalue weighted by Crippen LogP contribution is -2.49. The topological polar surface area (TPSA) is 78.5 Å². The summed E-state index contributed by atoms with van der Waals surface area (Å²) in [5, 5.41) is 1.52. The third kappa shape index (κ3) is 3.30. The van der Waals surface area contributed by atoms with Gasteiger partial charge in [0.15, 0.2) is 0 Å². The minimum Gasteiger partial charge on any atom is -0.301 e. The van der Waals surface area contributed by atoms with E-state index in [-0.39, 0.29) is 16.0 Å². The van der Waals surface area contributed by atoms with Gasteiger partial charge in [0, 0.05) is 11.2 Å². The van der Waals surface area contributed by atoms with Gasteiger partial charge in [0.05, 0.1) is 10.9 Å². The summed E-state index contributed by atoms with van der Waals surface area (Å²) in [6.07, 6.45) is 2.48. The summed E-state index contributed by atoms with van der Waals surface area (Å²) < 4.78 is 26.3. The summed E-state index contributed by atoms with van der Waals surface area (Å²) >= 11 is 5.77. The fourth-order valence-electron chi connectivity index (χ4n) is 2.04. The van der Waals surface area contributed by atoms with Crippen LogP contribution < -0.4 is 10.1 Å². The molecule has 8 heteroatoms. The third-order valence-corrected chi connectivity index (χ3v) is 4.82. The molecule has 6 nitrogen and oxygen atoms in total. The van der Waals surface area contributed by atoms with Crippen molar-refractivity contribution >= 4 is 27.7 Å². The lowest BCUT2D eigenvalue weighted by atomic mass is 10.1. The molecule has 0 radical (unpaired) electrons. The zero-order valence-corrected chi connectivity index (χ0v) is 13.2. The molecule has 2 N–H and O–H groups in total. The van der Waals surface area contributed by atoms with Gasteiger partial charge < -0.3 is 5.43 Å². The van der Waals surface area contributed by atoms with Crippen molar-refractivity contribution in [2.45, 2.75) is 31.2 Å². The molecule has 1 unspecified atom stereocenters. The highest BCUT2D eigenvalue weighted by molar-refractivity contribution is 7.90. The number of nitrogens with zero attached hydrogens (tertiary/aromatic N) is 1. The monoisotopic (exact) mass is 329 g/mol. The van der Waals surface area contributed by atoms with Gasteiger partial charge in [-0.1, -0.05) is 24.6 Å². The Balaban J connectivity index is 2.13. The Kier molecular flexibility index (Phi) is 4.43. The van der Waals surface area contributed by atoms with Gasteiger partial charge in [0.1, 0.15) is 0 Å². The number of halogens is 1. The SMILES string of the molecule is CCC1=CNN(C(=O)NS(=O)(=O)c2cccc(Cl)c2)C1C. The summed E-state index contributed by atoms with van der Waals surface area (Å²) in [4.78, 5) is 12.0. The van der Waals surface area contributed by atoms with E-state index in [1.807, 2.05) is 18.6 Å². The van der Waals surface area contributed by atoms with Gasteiger partial charge in [-0.25, -0.2) is 22.9 Å². The lowest BCUT2D eigenvalue weighted by molar-refractivity contribution is 0.182. The predicted molar refractivity (Wildman–Crippen MR) is 80.0 cm³/mol. The van der Waals surface area contributed by atoms with Crippen LogP contribution in [-0.2, 0) is 10.0 Å². The maximum absolute atomic E-state index is 12.1. The van der Waals surface area contributed by atoms with Gasteiger partial charge in [-0.15, -0.1) is 0 Å². The fourth-order valence-corrected chi connectivity index (χ4v) is 3.28. The number of nitrogens with one attached hydrogen (secondary N) is 2. The van der Waals surface area contributed by atoms with Crippen LogP contribution in [0.5, 0.6) is 0 Å². The Bertz CT molecular complexity index is 688. The molecule has 0 fully saturated rings. The lowest BCUT2D eigenvalue weighted by Gasteiger charge is -2.23. The van der Waals surface area contributed by atoms with Crippen molar-refractivity contribution in [3.63, 3.8) is 0 Å². The molecule has 0 spiro atoms. The minimum atomic E-state index is -3.96. The number of urea groups is 1. The van der Waals surface area contributed by atoms with Crippen LogP contribution in [0.15, 0.2) is 40.9 Å². The second-order valence-corrected chi connectivity index (χ2v) is 6.73. The summed E-state index contributed by atoms with van der Waals surface area (Å²) in [7, 11) is -3.96. The summed E-state index contributed by atoms with van der Waals surface area (Å²) in [5.41, 5.74) is 3.78. The van der Waals surface area contributed by atoms with Crippen LogP contribution in [-0.4, -0.2) is 25.5 Å². The van der Waals surface area contributed by atoms with Crippen LogP contribution in [0.3, 0.4) is 0 Å². The second kappa shape index (κ2) is 5.95. The molecule has 114 valence electrons. The van der Waals surface area contributed by atoms with Gasteiger partial charge >= 0.3 is 6.03 Å². The van der Waals surface area contributed by atoms with Crippen LogP contribution in [0, 0.1) is 0 Å². The van der Waals surface area contributed by atoms with E-state index in [0.717, 1.165) is 12.0 Å². The van der Waals surface area contributed by atoms with E-state index in [1.165, 1.54) is 23.2 Å². The minimum absolute atomic E-state index is 0.0566. The Morgan fingerprint density at radius 2 is 2.19 bits per heavy atom. The van der Waals surface area contributed by atoms with Crippen molar-refractivity contribution in [1.29, 1.82) is 0 Å². The fraction of sp³-hybridized carbons (Fsp3) is 0.308. The van der Waals surface area contributed by atoms with Gasteiger partial charge in [0.2, 0.25) is 0 Å². The van der Waals surface area contributed by atoms with E-state index in [4.69, 9.17) is 11.6 Å². The number of benzene rings is 1. The predicted octanol–water partition coefficient (Wildman–Crippen LogP) is 2.24. The van der Waals surface area contributed by atoms with Crippen molar-refractivity contribution in [1.82, 2.24) is 15.2 Å². The molecular weight excluding hydrogens is 314 g/mol. The molecule has 1 aliphatic rings. The largest absolute Gasteiger partial charge is 0.350 e. The Morgan fingerprint density at radius 1 is 1.48 bits per heavy atom. The summed E-state index contributed by atoms with van der Waals surface area (Å²) in [6, 6.07) is 4.79. The molecule has 2 rings (SSSR count). The quantitative estimate of drug-likeness (QED) is 0.891. The smallest absolute Gasteiger partial charge is 0.301 e. The average Bonchev–Trinajstić information content (AvgIpc) is 2.79. The molecule has 0 aromatic heterocycles. The van der Waals surface area contributed by atoms with Crippen molar-refractivity contribution in [2.24, 2.45) is 0 Å². The number of rotatable bonds is 3. The Hall–Kier alpha value is -1.73. The molecule has 1 heterocycles. The zero-order chi connectivity index (χ0) is 15.6. The number of carbonyl (C=O) groups is 1. The number of hydrogen-bond donors (Lipinski definition) is 2. The third-order valence-electron chi connectivity index (χ3n) is 3.27. The highest BCUT2D eigenvalue weighted by Gasteiger charge is 2.29.